The van der Waals surface area contributed by atoms with E-state index < -0.39 is 17.7 Å². The maximum absolute atomic E-state index is 13.0. The fourth-order valence-electron chi connectivity index (χ4n) is 3.86. The first-order valence-corrected chi connectivity index (χ1v) is 10.5. The van der Waals surface area contributed by atoms with E-state index in [0.717, 1.165) is 16.8 Å². The standard InChI is InChI=1S/C25H20N4O4/c1-2-33-18-13-11-15(12-14-18)21-24(30)27-23-19-5-3-4-6-20(19)26-22(29(23)28-21)16-7-9-17(10-8-16)25(31)32/h3-14,22,26H,2H2,1H3,(H,31,32)/t22-/m1/s1. The number of benzene rings is 3. The van der Waals surface area contributed by atoms with Gasteiger partial charge in [-0.2, -0.15) is 10.1 Å². The molecule has 1 aliphatic rings. The fourth-order valence-corrected chi connectivity index (χ4v) is 3.86. The minimum absolute atomic E-state index is 0.191. The Morgan fingerprint density at radius 3 is 2.48 bits per heavy atom. The first-order chi connectivity index (χ1) is 16.0. The van der Waals surface area contributed by atoms with Gasteiger partial charge in [-0.1, -0.05) is 24.3 Å². The average molecular weight is 440 g/mol. The summed E-state index contributed by atoms with van der Waals surface area (Å²) in [5, 5.41) is 17.4. The van der Waals surface area contributed by atoms with Crippen molar-refractivity contribution < 1.29 is 14.6 Å². The average Bonchev–Trinajstić information content (AvgIpc) is 2.84. The van der Waals surface area contributed by atoms with Crippen LogP contribution >= 0.6 is 0 Å². The Balaban J connectivity index is 1.65. The van der Waals surface area contributed by atoms with Gasteiger partial charge in [0.05, 0.1) is 12.2 Å². The van der Waals surface area contributed by atoms with Crippen LogP contribution < -0.4 is 15.6 Å². The molecule has 0 aliphatic carbocycles. The number of hydrogen-bond acceptors (Lipinski definition) is 6. The van der Waals surface area contributed by atoms with Crippen molar-refractivity contribution in [3.8, 4) is 28.4 Å². The number of anilines is 1. The molecule has 0 fully saturated rings. The van der Waals surface area contributed by atoms with E-state index in [0.29, 0.717) is 23.7 Å². The molecule has 2 heterocycles. The molecule has 33 heavy (non-hydrogen) atoms. The summed E-state index contributed by atoms with van der Waals surface area (Å²) in [6.45, 7) is 2.46. The quantitative estimate of drug-likeness (QED) is 0.482. The van der Waals surface area contributed by atoms with E-state index in [-0.39, 0.29) is 11.3 Å². The zero-order valence-corrected chi connectivity index (χ0v) is 17.7. The van der Waals surface area contributed by atoms with Crippen molar-refractivity contribution in [2.45, 2.75) is 13.1 Å². The van der Waals surface area contributed by atoms with Crippen molar-refractivity contribution in [1.29, 1.82) is 0 Å². The van der Waals surface area contributed by atoms with E-state index in [1.807, 2.05) is 31.2 Å². The number of aromatic carboxylic acids is 1. The summed E-state index contributed by atoms with van der Waals surface area (Å²) < 4.78 is 7.16. The molecule has 1 aliphatic heterocycles. The third-order valence-electron chi connectivity index (χ3n) is 5.45. The summed E-state index contributed by atoms with van der Waals surface area (Å²) in [6, 6.07) is 21.3. The number of nitrogens with zero attached hydrogens (tertiary/aromatic N) is 3. The molecule has 1 atom stereocenters. The Bertz CT molecular complexity index is 1400. The molecule has 0 radical (unpaired) electrons. The monoisotopic (exact) mass is 440 g/mol. The summed E-state index contributed by atoms with van der Waals surface area (Å²) in [5.74, 6) is 0.153. The highest BCUT2D eigenvalue weighted by Gasteiger charge is 2.28. The number of carboxylic acid groups (broad SMARTS) is 1. The second-order valence-corrected chi connectivity index (χ2v) is 7.51. The van der Waals surface area contributed by atoms with Crippen LogP contribution in [0.1, 0.15) is 29.0 Å². The van der Waals surface area contributed by atoms with Crippen molar-refractivity contribution in [2.75, 3.05) is 11.9 Å². The molecule has 8 nitrogen and oxygen atoms in total. The van der Waals surface area contributed by atoms with E-state index in [4.69, 9.17) is 9.84 Å². The maximum Gasteiger partial charge on any atom is 0.335 e. The van der Waals surface area contributed by atoms with Crippen LogP contribution in [0.15, 0.2) is 77.6 Å². The number of aromatic nitrogens is 3. The van der Waals surface area contributed by atoms with Gasteiger partial charge in [0.1, 0.15) is 11.9 Å². The lowest BCUT2D eigenvalue weighted by atomic mass is 10.0. The van der Waals surface area contributed by atoms with Gasteiger partial charge >= 0.3 is 5.97 Å². The Labute approximate surface area is 189 Å². The molecule has 4 aromatic rings. The van der Waals surface area contributed by atoms with Crippen LogP contribution in [0.3, 0.4) is 0 Å². The predicted octanol–water partition coefficient (Wildman–Crippen LogP) is 4.04. The third-order valence-corrected chi connectivity index (χ3v) is 5.45. The second-order valence-electron chi connectivity index (χ2n) is 7.51. The lowest BCUT2D eigenvalue weighted by molar-refractivity contribution is 0.0697. The van der Waals surface area contributed by atoms with Gasteiger partial charge in [0.2, 0.25) is 0 Å². The van der Waals surface area contributed by atoms with Gasteiger partial charge in [0.25, 0.3) is 5.56 Å². The molecule has 0 saturated carbocycles. The van der Waals surface area contributed by atoms with Gasteiger partial charge in [0.15, 0.2) is 11.5 Å². The molecule has 1 aromatic heterocycles. The van der Waals surface area contributed by atoms with Gasteiger partial charge in [-0.3, -0.25) is 4.79 Å². The molecule has 8 heteroatoms. The highest BCUT2D eigenvalue weighted by Crippen LogP contribution is 2.36. The molecule has 164 valence electrons. The van der Waals surface area contributed by atoms with E-state index in [1.54, 1.807) is 53.2 Å². The van der Waals surface area contributed by atoms with E-state index in [9.17, 15) is 14.7 Å². The summed E-state index contributed by atoms with van der Waals surface area (Å²) in [7, 11) is 0. The summed E-state index contributed by atoms with van der Waals surface area (Å²) in [4.78, 5) is 28.6. The number of para-hydroxylation sites is 1. The molecule has 3 aromatic carbocycles. The lowest BCUT2D eigenvalue weighted by Gasteiger charge is -2.30. The highest BCUT2D eigenvalue weighted by atomic mass is 16.5. The van der Waals surface area contributed by atoms with Gasteiger partial charge in [-0.15, -0.1) is 0 Å². The third kappa shape index (κ3) is 3.71. The maximum atomic E-state index is 13.0. The van der Waals surface area contributed by atoms with Crippen LogP contribution in [-0.4, -0.2) is 32.4 Å². The molecular weight excluding hydrogens is 420 g/mol. The number of nitrogens with one attached hydrogen (secondary N) is 1. The van der Waals surface area contributed by atoms with E-state index in [1.165, 1.54) is 0 Å². The SMILES string of the molecule is CCOc1ccc(-c2nn3c(nc2=O)-c2ccccc2N[C@H]3c2ccc(C(=O)O)cc2)cc1. The Hall–Kier alpha value is -4.46. The van der Waals surface area contributed by atoms with Gasteiger partial charge < -0.3 is 15.2 Å². The van der Waals surface area contributed by atoms with Gasteiger partial charge in [-0.05, 0) is 61.0 Å². The minimum Gasteiger partial charge on any atom is -0.494 e. The second kappa shape index (κ2) is 8.23. The van der Waals surface area contributed by atoms with Crippen molar-refractivity contribution in [3.63, 3.8) is 0 Å². The number of rotatable bonds is 5. The molecule has 0 saturated heterocycles. The zero-order valence-electron chi connectivity index (χ0n) is 17.7. The van der Waals surface area contributed by atoms with Crippen molar-refractivity contribution in [1.82, 2.24) is 14.8 Å². The van der Waals surface area contributed by atoms with E-state index >= 15 is 0 Å². The first-order valence-electron chi connectivity index (χ1n) is 10.5. The number of hydrogen-bond donors (Lipinski definition) is 2. The molecule has 0 amide bonds. The molecule has 5 rings (SSSR count). The van der Waals surface area contributed by atoms with Gasteiger partial charge in [0, 0.05) is 16.8 Å². The number of carbonyl (C=O) groups is 1. The predicted molar refractivity (Wildman–Crippen MR) is 123 cm³/mol. The smallest absolute Gasteiger partial charge is 0.335 e. The van der Waals surface area contributed by atoms with Crippen LogP contribution in [0, 0.1) is 0 Å². The minimum atomic E-state index is -0.995. The molecular formula is C25H20N4O4. The number of fused-ring (bicyclic) bond motifs is 3. The Morgan fingerprint density at radius 2 is 1.79 bits per heavy atom. The van der Waals surface area contributed by atoms with Crippen molar-refractivity contribution in [2.24, 2.45) is 0 Å². The first kappa shape index (κ1) is 20.4. The normalized spacial score (nSPS) is 14.0. The Morgan fingerprint density at radius 1 is 1.06 bits per heavy atom. The largest absolute Gasteiger partial charge is 0.494 e. The highest BCUT2D eigenvalue weighted by molar-refractivity contribution is 5.87. The van der Waals surface area contributed by atoms with Crippen LogP contribution in [0.25, 0.3) is 22.6 Å². The molecule has 0 bridgehead atoms. The van der Waals surface area contributed by atoms with E-state index in [2.05, 4.69) is 10.3 Å². The topological polar surface area (TPSA) is 106 Å². The Kier molecular flexibility index (Phi) is 5.10. The molecule has 0 unspecified atom stereocenters. The number of ether oxygens (including phenoxy) is 1. The van der Waals surface area contributed by atoms with Crippen molar-refractivity contribution >= 4 is 11.7 Å². The van der Waals surface area contributed by atoms with Gasteiger partial charge in [-0.25, -0.2) is 9.48 Å². The summed E-state index contributed by atoms with van der Waals surface area (Å²) >= 11 is 0. The van der Waals surface area contributed by atoms with Crippen molar-refractivity contribution in [3.05, 3.63) is 94.3 Å². The lowest BCUT2D eigenvalue weighted by Crippen LogP contribution is -2.32. The molecule has 2 N–H and O–H groups in total. The molecule has 0 spiro atoms. The summed E-state index contributed by atoms with van der Waals surface area (Å²) in [6.07, 6.45) is -0.479. The number of carboxylic acids is 1. The fraction of sp³-hybridized carbons (Fsp3) is 0.120. The van der Waals surface area contributed by atoms with Crippen LogP contribution in [0.5, 0.6) is 5.75 Å². The van der Waals surface area contributed by atoms with Crippen LogP contribution in [0.4, 0.5) is 5.69 Å². The summed E-state index contributed by atoms with van der Waals surface area (Å²) in [5.41, 5.74) is 2.97. The van der Waals surface area contributed by atoms with Crippen LogP contribution in [0.2, 0.25) is 0 Å². The van der Waals surface area contributed by atoms with Crippen LogP contribution in [-0.2, 0) is 0 Å². The zero-order chi connectivity index (χ0) is 22.9.